The third-order valence-corrected chi connectivity index (χ3v) is 4.70. The Kier molecular flexibility index (Phi) is 3.89. The van der Waals surface area contributed by atoms with Crippen molar-refractivity contribution in [1.82, 2.24) is 20.0 Å². The van der Waals surface area contributed by atoms with Crippen LogP contribution in [0.25, 0.3) is 0 Å². The molecule has 4 heteroatoms. The molecule has 1 N–H and O–H groups in total. The number of nitrogens with one attached hydrogen (secondary N) is 1. The van der Waals surface area contributed by atoms with Crippen molar-refractivity contribution >= 4 is 0 Å². The second-order valence-electron chi connectivity index (χ2n) is 6.21. The third kappa shape index (κ3) is 3.00. The Morgan fingerprint density at radius 1 is 1.37 bits per heavy atom. The van der Waals surface area contributed by atoms with Crippen LogP contribution in [0, 0.1) is 0 Å². The predicted octanol–water partition coefficient (Wildman–Crippen LogP) is 2.18. The molecule has 2 aliphatic rings. The summed E-state index contributed by atoms with van der Waals surface area (Å²) in [6.45, 7) is 7.85. The van der Waals surface area contributed by atoms with E-state index in [2.05, 4.69) is 41.0 Å². The van der Waals surface area contributed by atoms with Gasteiger partial charge in [-0.1, -0.05) is 6.92 Å². The summed E-state index contributed by atoms with van der Waals surface area (Å²) >= 11 is 0. The summed E-state index contributed by atoms with van der Waals surface area (Å²) in [5, 5.41) is 8.46. The van der Waals surface area contributed by atoms with Crippen molar-refractivity contribution in [2.45, 2.75) is 64.2 Å². The van der Waals surface area contributed by atoms with E-state index < -0.39 is 0 Å². The van der Waals surface area contributed by atoms with E-state index in [4.69, 9.17) is 5.10 Å². The lowest BCUT2D eigenvalue weighted by molar-refractivity contribution is 0.247. The lowest BCUT2D eigenvalue weighted by atomic mass is 10.1. The minimum atomic E-state index is 0.510. The van der Waals surface area contributed by atoms with Gasteiger partial charge < -0.3 is 5.32 Å². The van der Waals surface area contributed by atoms with Crippen molar-refractivity contribution in [3.63, 3.8) is 0 Å². The maximum atomic E-state index is 4.72. The molecule has 4 nitrogen and oxygen atoms in total. The van der Waals surface area contributed by atoms with E-state index in [0.29, 0.717) is 12.1 Å². The summed E-state index contributed by atoms with van der Waals surface area (Å²) in [7, 11) is 0. The van der Waals surface area contributed by atoms with Gasteiger partial charge in [-0.2, -0.15) is 5.10 Å². The number of likely N-dealkylation sites (tertiary alicyclic amines) is 1. The Hall–Kier alpha value is -0.870. The van der Waals surface area contributed by atoms with Crippen molar-refractivity contribution in [3.05, 3.63) is 18.0 Å². The molecule has 3 heterocycles. The minimum Gasteiger partial charge on any atom is -0.310 e. The molecule has 2 saturated heterocycles. The molecule has 0 amide bonds. The summed E-state index contributed by atoms with van der Waals surface area (Å²) < 4.78 is 2.11. The molecule has 3 atom stereocenters. The number of fused-ring (bicyclic) bond motifs is 2. The van der Waals surface area contributed by atoms with E-state index in [-0.39, 0.29) is 0 Å². The van der Waals surface area contributed by atoms with Gasteiger partial charge in [0.25, 0.3) is 0 Å². The highest BCUT2D eigenvalue weighted by Crippen LogP contribution is 2.21. The van der Waals surface area contributed by atoms with Crippen LogP contribution in [0.4, 0.5) is 0 Å². The quantitative estimate of drug-likeness (QED) is 0.903. The van der Waals surface area contributed by atoms with Crippen molar-refractivity contribution in [2.75, 3.05) is 13.1 Å². The number of rotatable bonds is 4. The maximum absolute atomic E-state index is 4.72. The fraction of sp³-hybridized carbons (Fsp3) is 0.800. The predicted molar refractivity (Wildman–Crippen MR) is 77.1 cm³/mol. The maximum Gasteiger partial charge on any atom is 0.0764 e. The molecule has 2 aliphatic heterocycles. The van der Waals surface area contributed by atoms with Crippen LogP contribution >= 0.6 is 0 Å². The first kappa shape index (κ1) is 13.1. The summed E-state index contributed by atoms with van der Waals surface area (Å²) in [4.78, 5) is 2.57. The van der Waals surface area contributed by atoms with Crippen LogP contribution in [0.2, 0.25) is 0 Å². The second-order valence-corrected chi connectivity index (χ2v) is 6.21. The average Bonchev–Trinajstić information content (AvgIpc) is 2.98. The van der Waals surface area contributed by atoms with E-state index in [1.165, 1.54) is 38.0 Å². The molecular weight excluding hydrogens is 236 g/mol. The molecule has 0 spiro atoms. The van der Waals surface area contributed by atoms with Crippen LogP contribution in [-0.4, -0.2) is 39.9 Å². The zero-order chi connectivity index (χ0) is 13.2. The molecule has 2 bridgehead atoms. The molecule has 106 valence electrons. The summed E-state index contributed by atoms with van der Waals surface area (Å²) in [6, 6.07) is 4.18. The lowest BCUT2D eigenvalue weighted by Gasteiger charge is -2.22. The zero-order valence-electron chi connectivity index (χ0n) is 12.2. The molecule has 0 aliphatic carbocycles. The third-order valence-electron chi connectivity index (χ3n) is 4.70. The van der Waals surface area contributed by atoms with E-state index in [1.807, 2.05) is 0 Å². The second kappa shape index (κ2) is 5.63. The van der Waals surface area contributed by atoms with E-state index in [1.54, 1.807) is 0 Å². The van der Waals surface area contributed by atoms with Gasteiger partial charge in [-0.3, -0.25) is 9.58 Å². The normalized spacial score (nSPS) is 29.4. The molecule has 3 unspecified atom stereocenters. The van der Waals surface area contributed by atoms with Crippen LogP contribution in [0.1, 0.15) is 51.3 Å². The molecule has 0 saturated carbocycles. The van der Waals surface area contributed by atoms with Crippen LogP contribution in [0.3, 0.4) is 0 Å². The lowest BCUT2D eigenvalue weighted by Crippen LogP contribution is -2.35. The van der Waals surface area contributed by atoms with Gasteiger partial charge in [0.1, 0.15) is 0 Å². The Bertz CT molecular complexity index is 414. The molecule has 19 heavy (non-hydrogen) atoms. The Morgan fingerprint density at radius 2 is 2.21 bits per heavy atom. The molecule has 0 aromatic carbocycles. The molecular formula is C15H26N4. The Labute approximate surface area is 116 Å². The van der Waals surface area contributed by atoms with E-state index in [0.717, 1.165) is 19.0 Å². The van der Waals surface area contributed by atoms with Gasteiger partial charge >= 0.3 is 0 Å². The fourth-order valence-corrected chi connectivity index (χ4v) is 3.28. The highest BCUT2D eigenvalue weighted by atomic mass is 15.3. The van der Waals surface area contributed by atoms with Gasteiger partial charge in [-0.15, -0.1) is 0 Å². The molecule has 1 aromatic rings. The smallest absolute Gasteiger partial charge is 0.0764 e. The van der Waals surface area contributed by atoms with Gasteiger partial charge in [0, 0.05) is 44.0 Å². The van der Waals surface area contributed by atoms with Gasteiger partial charge in [0.15, 0.2) is 0 Å². The van der Waals surface area contributed by atoms with Crippen molar-refractivity contribution < 1.29 is 0 Å². The van der Waals surface area contributed by atoms with Crippen molar-refractivity contribution in [2.24, 2.45) is 0 Å². The van der Waals surface area contributed by atoms with Gasteiger partial charge in [-0.25, -0.2) is 0 Å². The largest absolute Gasteiger partial charge is 0.310 e. The van der Waals surface area contributed by atoms with Crippen LogP contribution < -0.4 is 5.32 Å². The van der Waals surface area contributed by atoms with Gasteiger partial charge in [-0.05, 0) is 38.7 Å². The SMILES string of the molecule is CCC(C)n1ccc(CN2CCC3CCC(C2)N3)n1. The van der Waals surface area contributed by atoms with E-state index >= 15 is 0 Å². The highest BCUT2D eigenvalue weighted by Gasteiger charge is 2.29. The zero-order valence-corrected chi connectivity index (χ0v) is 12.2. The number of nitrogens with zero attached hydrogens (tertiary/aromatic N) is 3. The molecule has 1 aromatic heterocycles. The summed E-state index contributed by atoms with van der Waals surface area (Å²) in [5.74, 6) is 0. The summed E-state index contributed by atoms with van der Waals surface area (Å²) in [6.07, 6.45) is 7.29. The number of hydrogen-bond acceptors (Lipinski definition) is 3. The first-order valence-corrected chi connectivity index (χ1v) is 7.77. The topological polar surface area (TPSA) is 33.1 Å². The van der Waals surface area contributed by atoms with Crippen LogP contribution in [-0.2, 0) is 6.54 Å². The molecule has 3 rings (SSSR count). The first-order valence-electron chi connectivity index (χ1n) is 7.77. The monoisotopic (exact) mass is 262 g/mol. The minimum absolute atomic E-state index is 0.510. The molecule has 2 fully saturated rings. The van der Waals surface area contributed by atoms with Gasteiger partial charge in [0.2, 0.25) is 0 Å². The standard InChI is InChI=1S/C15H26N4/c1-3-12(2)19-9-7-15(17-19)11-18-8-6-13-4-5-14(10-18)16-13/h7,9,12-14,16H,3-6,8,10-11H2,1-2H3. The number of hydrogen-bond donors (Lipinski definition) is 1. The Morgan fingerprint density at radius 3 is 3.05 bits per heavy atom. The van der Waals surface area contributed by atoms with Crippen molar-refractivity contribution in [3.8, 4) is 0 Å². The molecule has 0 radical (unpaired) electrons. The first-order chi connectivity index (χ1) is 9.24. The number of aromatic nitrogens is 2. The van der Waals surface area contributed by atoms with Crippen LogP contribution in [0.5, 0.6) is 0 Å². The fourth-order valence-electron chi connectivity index (χ4n) is 3.28. The Balaban J connectivity index is 1.60. The van der Waals surface area contributed by atoms with E-state index in [9.17, 15) is 0 Å². The van der Waals surface area contributed by atoms with Gasteiger partial charge in [0.05, 0.1) is 5.69 Å². The van der Waals surface area contributed by atoms with Crippen LogP contribution in [0.15, 0.2) is 12.3 Å². The average molecular weight is 262 g/mol. The highest BCUT2D eigenvalue weighted by molar-refractivity contribution is 5.01. The summed E-state index contributed by atoms with van der Waals surface area (Å²) in [5.41, 5.74) is 1.22. The van der Waals surface area contributed by atoms with Crippen molar-refractivity contribution in [1.29, 1.82) is 0 Å².